The molecule has 0 aliphatic heterocycles. The van der Waals surface area contributed by atoms with E-state index in [4.69, 9.17) is 0 Å². The van der Waals surface area contributed by atoms with E-state index < -0.39 is 0 Å². The first-order valence-corrected chi connectivity index (χ1v) is 7.13. The van der Waals surface area contributed by atoms with Crippen LogP contribution < -0.4 is 5.32 Å². The molecular weight excluding hydrogens is 206 g/mol. The first-order valence-electron chi connectivity index (χ1n) is 7.13. The Morgan fingerprint density at radius 3 is 2.29 bits per heavy atom. The molecule has 1 heteroatoms. The van der Waals surface area contributed by atoms with Gasteiger partial charge < -0.3 is 5.32 Å². The van der Waals surface area contributed by atoms with Crippen LogP contribution in [0.5, 0.6) is 0 Å². The van der Waals surface area contributed by atoms with Crippen molar-refractivity contribution in [2.24, 2.45) is 5.92 Å². The highest BCUT2D eigenvalue weighted by atomic mass is 14.9. The molecule has 1 aromatic rings. The minimum absolute atomic E-state index is 0.812. The summed E-state index contributed by atoms with van der Waals surface area (Å²) >= 11 is 0. The smallest absolute Gasteiger partial charge is 0.0340 e. The summed E-state index contributed by atoms with van der Waals surface area (Å²) in [5.74, 6) is 1.75. The van der Waals surface area contributed by atoms with Crippen molar-refractivity contribution in [2.75, 3.05) is 11.9 Å². The summed E-state index contributed by atoms with van der Waals surface area (Å²) in [6.07, 6.45) is 6.75. The summed E-state index contributed by atoms with van der Waals surface area (Å²) in [5, 5.41) is 3.43. The quantitative estimate of drug-likeness (QED) is 0.784. The third-order valence-corrected chi connectivity index (χ3v) is 3.98. The largest absolute Gasteiger partial charge is 0.385 e. The number of rotatable bonds is 4. The van der Waals surface area contributed by atoms with Crippen molar-refractivity contribution >= 4 is 5.69 Å². The third-order valence-electron chi connectivity index (χ3n) is 3.98. The molecule has 1 saturated carbocycles. The second-order valence-corrected chi connectivity index (χ2v) is 5.51. The van der Waals surface area contributed by atoms with Crippen LogP contribution in [0.4, 0.5) is 5.69 Å². The van der Waals surface area contributed by atoms with Crippen molar-refractivity contribution in [1.82, 2.24) is 0 Å². The molecule has 2 rings (SSSR count). The van der Waals surface area contributed by atoms with E-state index >= 15 is 0 Å². The second-order valence-electron chi connectivity index (χ2n) is 5.51. The van der Waals surface area contributed by atoms with E-state index in [0.29, 0.717) is 0 Å². The molecular formula is C16H25N. The zero-order valence-electron chi connectivity index (χ0n) is 11.2. The van der Waals surface area contributed by atoms with Crippen LogP contribution in [0.1, 0.15) is 57.4 Å². The van der Waals surface area contributed by atoms with Crippen molar-refractivity contribution in [2.45, 2.75) is 51.9 Å². The zero-order chi connectivity index (χ0) is 12.1. The summed E-state index contributed by atoms with van der Waals surface area (Å²) in [6, 6.07) is 9.11. The van der Waals surface area contributed by atoms with Crippen molar-refractivity contribution < 1.29 is 0 Å². The molecule has 0 heterocycles. The van der Waals surface area contributed by atoms with Crippen LogP contribution in [0.15, 0.2) is 24.3 Å². The van der Waals surface area contributed by atoms with E-state index in [1.54, 1.807) is 5.56 Å². The molecule has 0 aromatic heterocycles. The Hall–Kier alpha value is -0.980. The SMILES string of the molecule is CCCNc1ccc(C2CCC(C)CC2)cc1. The molecule has 0 saturated heterocycles. The van der Waals surface area contributed by atoms with E-state index in [1.165, 1.54) is 37.8 Å². The fourth-order valence-electron chi connectivity index (χ4n) is 2.74. The minimum atomic E-state index is 0.812. The molecule has 0 unspecified atom stereocenters. The van der Waals surface area contributed by atoms with Gasteiger partial charge in [-0.15, -0.1) is 0 Å². The average Bonchev–Trinajstić information content (AvgIpc) is 2.38. The number of anilines is 1. The fourth-order valence-corrected chi connectivity index (χ4v) is 2.74. The normalized spacial score (nSPS) is 24.6. The fraction of sp³-hybridized carbons (Fsp3) is 0.625. The first-order chi connectivity index (χ1) is 8.29. The number of benzene rings is 1. The number of nitrogens with one attached hydrogen (secondary N) is 1. The summed E-state index contributed by atoms with van der Waals surface area (Å²) in [7, 11) is 0. The Morgan fingerprint density at radius 2 is 1.71 bits per heavy atom. The van der Waals surface area contributed by atoms with Crippen LogP contribution in [-0.2, 0) is 0 Å². The molecule has 1 aliphatic rings. The maximum absolute atomic E-state index is 3.43. The van der Waals surface area contributed by atoms with E-state index in [9.17, 15) is 0 Å². The first kappa shape index (κ1) is 12.5. The van der Waals surface area contributed by atoms with Gasteiger partial charge >= 0.3 is 0 Å². The van der Waals surface area contributed by atoms with Crippen molar-refractivity contribution in [3.8, 4) is 0 Å². The van der Waals surface area contributed by atoms with E-state index in [0.717, 1.165) is 18.4 Å². The lowest BCUT2D eigenvalue weighted by molar-refractivity contribution is 0.348. The van der Waals surface area contributed by atoms with E-state index in [2.05, 4.69) is 43.4 Å². The minimum Gasteiger partial charge on any atom is -0.385 e. The molecule has 0 spiro atoms. The second kappa shape index (κ2) is 6.09. The van der Waals surface area contributed by atoms with Crippen LogP contribution in [-0.4, -0.2) is 6.54 Å². The van der Waals surface area contributed by atoms with Gasteiger partial charge in [0.1, 0.15) is 0 Å². The van der Waals surface area contributed by atoms with Crippen LogP contribution in [0, 0.1) is 5.92 Å². The Labute approximate surface area is 106 Å². The zero-order valence-corrected chi connectivity index (χ0v) is 11.2. The Morgan fingerprint density at radius 1 is 1.06 bits per heavy atom. The van der Waals surface area contributed by atoms with Gasteiger partial charge in [-0.25, -0.2) is 0 Å². The summed E-state index contributed by atoms with van der Waals surface area (Å²) in [5.41, 5.74) is 2.80. The summed E-state index contributed by atoms with van der Waals surface area (Å²) in [6.45, 7) is 5.65. The van der Waals surface area contributed by atoms with Crippen LogP contribution >= 0.6 is 0 Å². The van der Waals surface area contributed by atoms with Crippen molar-refractivity contribution in [3.63, 3.8) is 0 Å². The third kappa shape index (κ3) is 3.49. The average molecular weight is 231 g/mol. The summed E-state index contributed by atoms with van der Waals surface area (Å²) in [4.78, 5) is 0. The molecule has 0 atom stereocenters. The molecule has 17 heavy (non-hydrogen) atoms. The lowest BCUT2D eigenvalue weighted by Crippen LogP contribution is -2.10. The molecule has 0 radical (unpaired) electrons. The number of hydrogen-bond acceptors (Lipinski definition) is 1. The van der Waals surface area contributed by atoms with Gasteiger partial charge in [-0.05, 0) is 48.8 Å². The molecule has 1 fully saturated rings. The van der Waals surface area contributed by atoms with E-state index in [1.807, 2.05) is 0 Å². The highest BCUT2D eigenvalue weighted by Gasteiger charge is 2.19. The molecule has 0 bridgehead atoms. The van der Waals surface area contributed by atoms with Gasteiger partial charge in [0.15, 0.2) is 0 Å². The Bertz CT molecular complexity index is 320. The van der Waals surface area contributed by atoms with Gasteiger partial charge in [0.2, 0.25) is 0 Å². The Kier molecular flexibility index (Phi) is 4.47. The molecule has 1 aliphatic carbocycles. The van der Waals surface area contributed by atoms with Gasteiger partial charge in [-0.1, -0.05) is 38.8 Å². The van der Waals surface area contributed by atoms with Crippen molar-refractivity contribution in [3.05, 3.63) is 29.8 Å². The van der Waals surface area contributed by atoms with Crippen LogP contribution in [0.3, 0.4) is 0 Å². The maximum Gasteiger partial charge on any atom is 0.0340 e. The lowest BCUT2D eigenvalue weighted by Gasteiger charge is -2.26. The van der Waals surface area contributed by atoms with Gasteiger partial charge in [-0.3, -0.25) is 0 Å². The standard InChI is InChI=1S/C16H25N/c1-3-12-17-16-10-8-15(9-11-16)14-6-4-13(2)5-7-14/h8-11,13-14,17H,3-7,12H2,1-2H3. The highest BCUT2D eigenvalue weighted by molar-refractivity contribution is 5.45. The molecule has 1 nitrogen and oxygen atoms in total. The highest BCUT2D eigenvalue weighted by Crippen LogP contribution is 2.35. The van der Waals surface area contributed by atoms with Crippen molar-refractivity contribution in [1.29, 1.82) is 0 Å². The monoisotopic (exact) mass is 231 g/mol. The van der Waals surface area contributed by atoms with Gasteiger partial charge in [0.05, 0.1) is 0 Å². The molecule has 94 valence electrons. The van der Waals surface area contributed by atoms with Gasteiger partial charge in [0, 0.05) is 12.2 Å². The summed E-state index contributed by atoms with van der Waals surface area (Å²) < 4.78 is 0. The van der Waals surface area contributed by atoms with Crippen LogP contribution in [0.25, 0.3) is 0 Å². The van der Waals surface area contributed by atoms with E-state index in [-0.39, 0.29) is 0 Å². The predicted molar refractivity (Wildman–Crippen MR) is 75.6 cm³/mol. The molecule has 1 aromatic carbocycles. The molecule has 0 amide bonds. The maximum atomic E-state index is 3.43. The van der Waals surface area contributed by atoms with Gasteiger partial charge in [0.25, 0.3) is 0 Å². The predicted octanol–water partition coefficient (Wildman–Crippen LogP) is 4.80. The Balaban J connectivity index is 1.93. The topological polar surface area (TPSA) is 12.0 Å². The van der Waals surface area contributed by atoms with Crippen LogP contribution in [0.2, 0.25) is 0 Å². The lowest BCUT2D eigenvalue weighted by atomic mass is 9.79. The van der Waals surface area contributed by atoms with Gasteiger partial charge in [-0.2, -0.15) is 0 Å². The molecule has 1 N–H and O–H groups in total. The number of hydrogen-bond donors (Lipinski definition) is 1.